The number of hydrogen-bond acceptors (Lipinski definition) is 2. The number of ether oxygens (including phenoxy) is 1. The number of hydrogen-bond donors (Lipinski definition) is 0. The molecule has 142 valence electrons. The molecule has 0 bridgehead atoms. The molecule has 27 heavy (non-hydrogen) atoms. The minimum absolute atomic E-state index is 0.00471. The van der Waals surface area contributed by atoms with Crippen LogP contribution in [0.5, 0.6) is 0 Å². The lowest BCUT2D eigenvalue weighted by Gasteiger charge is -2.37. The highest BCUT2D eigenvalue weighted by Crippen LogP contribution is 2.29. The molecular formula is C24H29NO2. The highest BCUT2D eigenvalue weighted by molar-refractivity contribution is 5.85. The number of carbonyl (C=O) groups excluding carboxylic acids is 1. The maximum Gasteiger partial charge on any atom is 0.255 e. The Morgan fingerprint density at radius 1 is 1.04 bits per heavy atom. The maximum absolute atomic E-state index is 13.6. The van der Waals surface area contributed by atoms with Crippen molar-refractivity contribution < 1.29 is 9.53 Å². The van der Waals surface area contributed by atoms with Crippen LogP contribution in [0.1, 0.15) is 37.8 Å². The third-order valence-corrected chi connectivity index (χ3v) is 5.40. The zero-order chi connectivity index (χ0) is 19.1. The normalized spacial score (nSPS) is 24.7. The van der Waals surface area contributed by atoms with E-state index in [1.54, 1.807) is 0 Å². The molecule has 0 aliphatic carbocycles. The Labute approximate surface area is 162 Å². The van der Waals surface area contributed by atoms with E-state index in [1.165, 1.54) is 0 Å². The molecule has 2 aromatic rings. The van der Waals surface area contributed by atoms with E-state index >= 15 is 0 Å². The van der Waals surface area contributed by atoms with Crippen LogP contribution in [0.25, 0.3) is 0 Å². The van der Waals surface area contributed by atoms with Crippen LogP contribution in [0.3, 0.4) is 0 Å². The van der Waals surface area contributed by atoms with Gasteiger partial charge in [-0.25, -0.2) is 0 Å². The number of benzene rings is 2. The summed E-state index contributed by atoms with van der Waals surface area (Å²) in [5.74, 6) is 0.0754. The lowest BCUT2D eigenvalue weighted by molar-refractivity contribution is -0.163. The van der Waals surface area contributed by atoms with Gasteiger partial charge in [-0.15, -0.1) is 0 Å². The molecule has 0 radical (unpaired) electrons. The second-order valence-corrected chi connectivity index (χ2v) is 7.45. The van der Waals surface area contributed by atoms with Gasteiger partial charge in [-0.05, 0) is 30.9 Å². The van der Waals surface area contributed by atoms with E-state index in [0.717, 1.165) is 30.5 Å². The SMILES string of the molecule is CC1/C=C\CCCN(Cc2ccccc2)C(=O)C1(C)OCc1ccccc1. The third kappa shape index (κ3) is 4.86. The first-order valence-electron chi connectivity index (χ1n) is 9.77. The van der Waals surface area contributed by atoms with E-state index in [1.807, 2.05) is 60.4 Å². The molecule has 1 heterocycles. The summed E-state index contributed by atoms with van der Waals surface area (Å²) >= 11 is 0. The standard InChI is InChI=1S/C24H29NO2/c1-20-12-6-5-11-17-25(18-21-13-7-3-8-14-21)23(26)24(20,2)27-19-22-15-9-4-10-16-22/h3-4,6-10,12-16,20H,5,11,17-19H2,1-2H3/b12-6-. The van der Waals surface area contributed by atoms with E-state index in [-0.39, 0.29) is 11.8 Å². The molecule has 0 aromatic heterocycles. The Hall–Kier alpha value is -2.39. The highest BCUT2D eigenvalue weighted by atomic mass is 16.5. The van der Waals surface area contributed by atoms with Crippen LogP contribution in [-0.4, -0.2) is 23.0 Å². The molecule has 3 rings (SSSR count). The summed E-state index contributed by atoms with van der Waals surface area (Å²) in [7, 11) is 0. The molecule has 1 aliphatic rings. The lowest BCUT2D eigenvalue weighted by Crippen LogP contribution is -2.52. The number of rotatable bonds is 5. The fourth-order valence-electron chi connectivity index (χ4n) is 3.45. The molecular weight excluding hydrogens is 334 g/mol. The fraction of sp³-hybridized carbons (Fsp3) is 0.375. The van der Waals surface area contributed by atoms with Gasteiger partial charge in [-0.1, -0.05) is 79.7 Å². The molecule has 2 atom stereocenters. The summed E-state index contributed by atoms with van der Waals surface area (Å²) < 4.78 is 6.30. The first-order valence-corrected chi connectivity index (χ1v) is 9.77. The van der Waals surface area contributed by atoms with Gasteiger partial charge in [0.25, 0.3) is 5.91 Å². The van der Waals surface area contributed by atoms with Gasteiger partial charge in [0.15, 0.2) is 0 Å². The molecule has 1 aliphatic heterocycles. The van der Waals surface area contributed by atoms with E-state index in [2.05, 4.69) is 31.2 Å². The molecule has 3 heteroatoms. The van der Waals surface area contributed by atoms with Crippen molar-refractivity contribution >= 4 is 5.91 Å². The van der Waals surface area contributed by atoms with Crippen molar-refractivity contribution in [2.45, 2.75) is 45.4 Å². The Morgan fingerprint density at radius 3 is 2.33 bits per heavy atom. The number of amides is 1. The van der Waals surface area contributed by atoms with Crippen LogP contribution >= 0.6 is 0 Å². The molecule has 2 aromatic carbocycles. The van der Waals surface area contributed by atoms with Gasteiger partial charge in [0.2, 0.25) is 0 Å². The van der Waals surface area contributed by atoms with Crippen molar-refractivity contribution in [3.05, 3.63) is 83.9 Å². The van der Waals surface area contributed by atoms with Crippen LogP contribution < -0.4 is 0 Å². The largest absolute Gasteiger partial charge is 0.360 e. The predicted octanol–water partition coefficient (Wildman–Crippen LogP) is 4.98. The smallest absolute Gasteiger partial charge is 0.255 e. The first-order chi connectivity index (χ1) is 13.1. The van der Waals surface area contributed by atoms with Crippen molar-refractivity contribution in [2.24, 2.45) is 5.92 Å². The summed E-state index contributed by atoms with van der Waals surface area (Å²) in [6, 6.07) is 20.2. The van der Waals surface area contributed by atoms with Gasteiger partial charge in [0.1, 0.15) is 5.60 Å². The summed E-state index contributed by atoms with van der Waals surface area (Å²) in [4.78, 5) is 15.5. The van der Waals surface area contributed by atoms with Gasteiger partial charge >= 0.3 is 0 Å². The average Bonchev–Trinajstić information content (AvgIpc) is 2.75. The lowest BCUT2D eigenvalue weighted by atomic mass is 9.88. The van der Waals surface area contributed by atoms with Gasteiger partial charge in [0.05, 0.1) is 6.61 Å². The molecule has 0 saturated heterocycles. The van der Waals surface area contributed by atoms with Crippen molar-refractivity contribution in [1.29, 1.82) is 0 Å². The van der Waals surface area contributed by atoms with Crippen molar-refractivity contribution in [3.8, 4) is 0 Å². The van der Waals surface area contributed by atoms with Crippen LogP contribution in [0.15, 0.2) is 72.8 Å². The first kappa shape index (κ1) is 19.4. The highest BCUT2D eigenvalue weighted by Gasteiger charge is 2.42. The maximum atomic E-state index is 13.6. The summed E-state index contributed by atoms with van der Waals surface area (Å²) in [6.07, 6.45) is 6.28. The van der Waals surface area contributed by atoms with Crippen LogP contribution in [0.2, 0.25) is 0 Å². The van der Waals surface area contributed by atoms with Crippen LogP contribution in [-0.2, 0) is 22.7 Å². The quantitative estimate of drug-likeness (QED) is 0.702. The zero-order valence-corrected chi connectivity index (χ0v) is 16.3. The Morgan fingerprint density at radius 2 is 1.67 bits per heavy atom. The van der Waals surface area contributed by atoms with Crippen LogP contribution in [0, 0.1) is 5.92 Å². The van der Waals surface area contributed by atoms with Crippen molar-refractivity contribution in [1.82, 2.24) is 4.90 Å². The van der Waals surface area contributed by atoms with E-state index < -0.39 is 5.60 Å². The minimum Gasteiger partial charge on any atom is -0.360 e. The third-order valence-electron chi connectivity index (χ3n) is 5.40. The Balaban J connectivity index is 1.83. The molecule has 0 fully saturated rings. The monoisotopic (exact) mass is 363 g/mol. The summed E-state index contributed by atoms with van der Waals surface area (Å²) in [5.41, 5.74) is 1.35. The molecule has 2 unspecified atom stereocenters. The zero-order valence-electron chi connectivity index (χ0n) is 16.3. The molecule has 0 N–H and O–H groups in total. The van der Waals surface area contributed by atoms with Crippen molar-refractivity contribution in [3.63, 3.8) is 0 Å². The molecule has 0 spiro atoms. The Bertz CT molecular complexity index is 756. The second-order valence-electron chi connectivity index (χ2n) is 7.45. The topological polar surface area (TPSA) is 29.5 Å². The molecule has 0 saturated carbocycles. The summed E-state index contributed by atoms with van der Waals surface area (Å²) in [5, 5.41) is 0. The van der Waals surface area contributed by atoms with E-state index in [4.69, 9.17) is 4.74 Å². The van der Waals surface area contributed by atoms with Gasteiger partial charge in [-0.3, -0.25) is 4.79 Å². The molecule has 1 amide bonds. The predicted molar refractivity (Wildman–Crippen MR) is 109 cm³/mol. The van der Waals surface area contributed by atoms with Crippen LogP contribution in [0.4, 0.5) is 0 Å². The minimum atomic E-state index is -0.883. The average molecular weight is 364 g/mol. The van der Waals surface area contributed by atoms with Crippen molar-refractivity contribution in [2.75, 3.05) is 6.54 Å². The van der Waals surface area contributed by atoms with Gasteiger partial charge in [-0.2, -0.15) is 0 Å². The second kappa shape index (κ2) is 9.01. The number of carbonyl (C=O) groups is 1. The summed E-state index contributed by atoms with van der Waals surface area (Å²) in [6.45, 7) is 5.81. The van der Waals surface area contributed by atoms with E-state index in [0.29, 0.717) is 13.2 Å². The number of nitrogens with zero attached hydrogens (tertiary/aromatic N) is 1. The number of allylic oxidation sites excluding steroid dienone is 1. The molecule has 3 nitrogen and oxygen atoms in total. The van der Waals surface area contributed by atoms with E-state index in [9.17, 15) is 4.79 Å². The Kier molecular flexibility index (Phi) is 6.46. The fourth-order valence-corrected chi connectivity index (χ4v) is 3.45. The van der Waals surface area contributed by atoms with Gasteiger partial charge in [0, 0.05) is 19.0 Å². The van der Waals surface area contributed by atoms with Gasteiger partial charge < -0.3 is 9.64 Å².